The van der Waals surface area contributed by atoms with Crippen molar-refractivity contribution in [2.24, 2.45) is 4.99 Å². The molecule has 8 heteroatoms. The summed E-state index contributed by atoms with van der Waals surface area (Å²) in [6.07, 6.45) is 3.41. The first-order chi connectivity index (χ1) is 14.5. The molecule has 0 aliphatic heterocycles. The molecule has 0 spiro atoms. The molecule has 1 aromatic heterocycles. The highest BCUT2D eigenvalue weighted by molar-refractivity contribution is 14.0. The van der Waals surface area contributed by atoms with Gasteiger partial charge in [0.05, 0.1) is 10.6 Å². The number of halogens is 1. The van der Waals surface area contributed by atoms with Gasteiger partial charge in [0.25, 0.3) is 0 Å². The van der Waals surface area contributed by atoms with Crippen molar-refractivity contribution in [3.05, 3.63) is 65.9 Å². The molecule has 0 atom stereocenters. The van der Waals surface area contributed by atoms with E-state index in [9.17, 15) is 8.42 Å². The molecule has 0 fully saturated rings. The fraction of sp³-hybridized carbons (Fsp3) is 0.348. The molecule has 0 aliphatic rings. The SMILES string of the molecule is CCNC(=NCCCS(=O)(=O)c1ccccc1)NCCc1c[nH]c2cc(C)ccc12.I. The Morgan fingerprint density at radius 1 is 1.10 bits per heavy atom. The standard InChI is InChI=1S/C23H30N4O2S.HI/c1-3-24-23(25-13-7-15-30(28,29)20-8-5-4-6-9-20)26-14-12-19-17-27-22-16-18(2)10-11-21(19)22;/h4-6,8-11,16-17,27H,3,7,12-15H2,1-2H3,(H2,24,25,26);1H. The number of sulfone groups is 1. The number of aromatic amines is 1. The molecular formula is C23H31IN4O2S. The van der Waals surface area contributed by atoms with Gasteiger partial charge in [0.1, 0.15) is 0 Å². The summed E-state index contributed by atoms with van der Waals surface area (Å²) < 4.78 is 24.7. The minimum Gasteiger partial charge on any atom is -0.361 e. The Morgan fingerprint density at radius 3 is 2.61 bits per heavy atom. The first-order valence-corrected chi connectivity index (χ1v) is 12.0. The lowest BCUT2D eigenvalue weighted by atomic mass is 10.1. The van der Waals surface area contributed by atoms with Crippen molar-refractivity contribution in [3.8, 4) is 0 Å². The zero-order valence-corrected chi connectivity index (χ0v) is 21.2. The third-order valence-corrected chi connectivity index (χ3v) is 6.71. The average Bonchev–Trinajstić information content (AvgIpc) is 3.13. The van der Waals surface area contributed by atoms with E-state index in [1.165, 1.54) is 16.5 Å². The lowest BCUT2D eigenvalue weighted by Crippen LogP contribution is -2.38. The van der Waals surface area contributed by atoms with Crippen molar-refractivity contribution in [1.29, 1.82) is 0 Å². The average molecular weight is 554 g/mol. The molecule has 168 valence electrons. The highest BCUT2D eigenvalue weighted by atomic mass is 127. The second kappa shape index (κ2) is 12.1. The molecule has 3 aromatic rings. The summed E-state index contributed by atoms with van der Waals surface area (Å²) in [5, 5.41) is 7.80. The highest BCUT2D eigenvalue weighted by Crippen LogP contribution is 2.19. The largest absolute Gasteiger partial charge is 0.361 e. The van der Waals surface area contributed by atoms with E-state index in [-0.39, 0.29) is 29.7 Å². The second-order valence-electron chi connectivity index (χ2n) is 7.29. The van der Waals surface area contributed by atoms with Gasteiger partial charge < -0.3 is 15.6 Å². The van der Waals surface area contributed by atoms with Gasteiger partial charge >= 0.3 is 0 Å². The molecule has 0 unspecified atom stereocenters. The number of hydrogen-bond acceptors (Lipinski definition) is 3. The normalized spacial score (nSPS) is 11.9. The molecule has 1 heterocycles. The van der Waals surface area contributed by atoms with Gasteiger partial charge in [0.2, 0.25) is 0 Å². The van der Waals surface area contributed by atoms with E-state index in [1.807, 2.05) is 13.0 Å². The Balaban J connectivity index is 0.00000341. The van der Waals surface area contributed by atoms with Crippen LogP contribution < -0.4 is 10.6 Å². The van der Waals surface area contributed by atoms with Gasteiger partial charge in [0.15, 0.2) is 15.8 Å². The molecule has 0 bridgehead atoms. The number of benzene rings is 2. The third-order valence-electron chi connectivity index (χ3n) is 4.90. The second-order valence-corrected chi connectivity index (χ2v) is 9.40. The number of hydrogen-bond donors (Lipinski definition) is 3. The maximum Gasteiger partial charge on any atom is 0.191 e. The Bertz CT molecular complexity index is 1100. The summed E-state index contributed by atoms with van der Waals surface area (Å²) in [4.78, 5) is 8.22. The topological polar surface area (TPSA) is 86.3 Å². The maximum atomic E-state index is 12.4. The lowest BCUT2D eigenvalue weighted by molar-refractivity contribution is 0.593. The zero-order valence-electron chi connectivity index (χ0n) is 18.0. The van der Waals surface area contributed by atoms with Gasteiger partial charge in [-0.3, -0.25) is 4.99 Å². The van der Waals surface area contributed by atoms with E-state index in [0.29, 0.717) is 23.8 Å². The fourth-order valence-electron chi connectivity index (χ4n) is 3.36. The molecule has 0 radical (unpaired) electrons. The number of rotatable bonds is 9. The smallest absolute Gasteiger partial charge is 0.191 e. The molecule has 6 nitrogen and oxygen atoms in total. The van der Waals surface area contributed by atoms with Crippen LogP contribution in [0.25, 0.3) is 10.9 Å². The number of nitrogens with zero attached hydrogens (tertiary/aromatic N) is 1. The number of guanidine groups is 1. The number of aromatic nitrogens is 1. The Labute approximate surface area is 201 Å². The van der Waals surface area contributed by atoms with Crippen molar-refractivity contribution in [1.82, 2.24) is 15.6 Å². The molecule has 0 saturated heterocycles. The van der Waals surface area contributed by atoms with Gasteiger partial charge in [-0.2, -0.15) is 0 Å². The van der Waals surface area contributed by atoms with E-state index in [2.05, 4.69) is 51.9 Å². The summed E-state index contributed by atoms with van der Waals surface area (Å²) in [5.41, 5.74) is 3.66. The molecule has 2 aromatic carbocycles. The van der Waals surface area contributed by atoms with Crippen molar-refractivity contribution in [2.75, 3.05) is 25.4 Å². The highest BCUT2D eigenvalue weighted by Gasteiger charge is 2.13. The van der Waals surface area contributed by atoms with Crippen LogP contribution in [0.1, 0.15) is 24.5 Å². The van der Waals surface area contributed by atoms with E-state index in [1.54, 1.807) is 24.3 Å². The van der Waals surface area contributed by atoms with Crippen molar-refractivity contribution in [3.63, 3.8) is 0 Å². The molecule has 31 heavy (non-hydrogen) atoms. The Kier molecular flexibility index (Phi) is 9.83. The van der Waals surface area contributed by atoms with Crippen LogP contribution in [0.3, 0.4) is 0 Å². The summed E-state index contributed by atoms with van der Waals surface area (Å²) in [5.74, 6) is 0.805. The number of fused-ring (bicyclic) bond motifs is 1. The van der Waals surface area contributed by atoms with E-state index in [0.717, 1.165) is 25.0 Å². The third kappa shape index (κ3) is 7.24. The zero-order chi connectivity index (χ0) is 21.4. The van der Waals surface area contributed by atoms with Crippen LogP contribution in [0.4, 0.5) is 0 Å². The monoisotopic (exact) mass is 554 g/mol. The first-order valence-electron chi connectivity index (χ1n) is 10.4. The molecule has 0 saturated carbocycles. The quantitative estimate of drug-likeness (QED) is 0.161. The predicted molar refractivity (Wildman–Crippen MR) is 139 cm³/mol. The minimum atomic E-state index is -3.25. The maximum absolute atomic E-state index is 12.4. The molecule has 0 aliphatic carbocycles. The van der Waals surface area contributed by atoms with Crippen LogP contribution in [0.15, 0.2) is 64.6 Å². The predicted octanol–water partition coefficient (Wildman–Crippen LogP) is 4.06. The van der Waals surface area contributed by atoms with Crippen LogP contribution in [0.5, 0.6) is 0 Å². The van der Waals surface area contributed by atoms with E-state index >= 15 is 0 Å². The molecular weight excluding hydrogens is 523 g/mol. The summed E-state index contributed by atoms with van der Waals surface area (Å²) in [6, 6.07) is 15.0. The number of nitrogens with one attached hydrogen (secondary N) is 3. The Hall–Kier alpha value is -2.07. The van der Waals surface area contributed by atoms with Crippen LogP contribution in [0, 0.1) is 6.92 Å². The van der Waals surface area contributed by atoms with Gasteiger partial charge in [-0.15, -0.1) is 24.0 Å². The van der Waals surface area contributed by atoms with Crippen LogP contribution in [-0.2, 0) is 16.3 Å². The number of H-pyrrole nitrogens is 1. The van der Waals surface area contributed by atoms with Crippen molar-refractivity contribution in [2.45, 2.75) is 31.6 Å². The van der Waals surface area contributed by atoms with Crippen LogP contribution in [-0.4, -0.2) is 44.7 Å². The number of aryl methyl sites for hydroxylation is 1. The van der Waals surface area contributed by atoms with Crippen molar-refractivity contribution >= 4 is 50.7 Å². The minimum absolute atomic E-state index is 0. The molecule has 3 N–H and O–H groups in total. The van der Waals surface area contributed by atoms with Gasteiger partial charge in [-0.1, -0.05) is 30.3 Å². The molecule has 0 amide bonds. The van der Waals surface area contributed by atoms with Gasteiger partial charge in [-0.25, -0.2) is 8.42 Å². The van der Waals surface area contributed by atoms with Gasteiger partial charge in [0, 0.05) is 36.7 Å². The van der Waals surface area contributed by atoms with Crippen molar-refractivity contribution < 1.29 is 8.42 Å². The first kappa shape index (κ1) is 25.2. The van der Waals surface area contributed by atoms with Crippen LogP contribution >= 0.6 is 24.0 Å². The Morgan fingerprint density at radius 2 is 1.87 bits per heavy atom. The summed E-state index contributed by atoms with van der Waals surface area (Å²) in [7, 11) is -3.25. The lowest BCUT2D eigenvalue weighted by Gasteiger charge is -2.11. The molecule has 3 rings (SSSR count). The summed E-state index contributed by atoms with van der Waals surface area (Å²) in [6.45, 7) is 6.05. The van der Waals surface area contributed by atoms with E-state index in [4.69, 9.17) is 0 Å². The fourth-order valence-corrected chi connectivity index (χ4v) is 4.67. The van der Waals surface area contributed by atoms with E-state index < -0.39 is 9.84 Å². The van der Waals surface area contributed by atoms with Gasteiger partial charge in [-0.05, 0) is 56.0 Å². The number of aliphatic imine (C=N–C) groups is 1. The van der Waals surface area contributed by atoms with Crippen LogP contribution in [0.2, 0.25) is 0 Å². The summed E-state index contributed by atoms with van der Waals surface area (Å²) >= 11 is 0.